The maximum atomic E-state index is 12.9. The van der Waals surface area contributed by atoms with Crippen molar-refractivity contribution >= 4 is 37.6 Å². The molecule has 0 spiro atoms. The fourth-order valence-electron chi connectivity index (χ4n) is 2.27. The number of halogens is 2. The molecule has 0 aliphatic carbocycles. The van der Waals surface area contributed by atoms with E-state index in [2.05, 4.69) is 31.9 Å². The Morgan fingerprint density at radius 3 is 1.50 bits per heavy atom. The summed E-state index contributed by atoms with van der Waals surface area (Å²) in [6.07, 6.45) is 0. The van der Waals surface area contributed by atoms with E-state index in [1.165, 1.54) is 0 Å². The second kappa shape index (κ2) is 6.84. The molecule has 0 saturated heterocycles. The van der Waals surface area contributed by atoms with Crippen LogP contribution in [0.5, 0.6) is 11.5 Å². The third kappa shape index (κ3) is 2.92. The van der Waals surface area contributed by atoms with Gasteiger partial charge in [0.15, 0.2) is 5.78 Å². The lowest BCUT2D eigenvalue weighted by atomic mass is 9.99. The average molecular weight is 428 g/mol. The van der Waals surface area contributed by atoms with Crippen LogP contribution in [0.3, 0.4) is 0 Å². The minimum Gasteiger partial charge on any atom is -0.496 e. The molecule has 0 aliphatic rings. The number of hydrogen-bond acceptors (Lipinski definition) is 3. The monoisotopic (exact) mass is 426 g/mol. The van der Waals surface area contributed by atoms with Crippen molar-refractivity contribution in [2.45, 2.75) is 13.8 Å². The van der Waals surface area contributed by atoms with Crippen LogP contribution in [0.25, 0.3) is 0 Å². The molecule has 2 rings (SSSR count). The topological polar surface area (TPSA) is 35.5 Å². The first kappa shape index (κ1) is 17.0. The van der Waals surface area contributed by atoms with Gasteiger partial charge in [0.25, 0.3) is 0 Å². The van der Waals surface area contributed by atoms with Crippen molar-refractivity contribution < 1.29 is 14.3 Å². The molecule has 2 aromatic carbocycles. The van der Waals surface area contributed by atoms with Crippen molar-refractivity contribution in [3.8, 4) is 11.5 Å². The molecule has 3 nitrogen and oxygen atoms in total. The normalized spacial score (nSPS) is 10.5. The molecule has 0 amide bonds. The van der Waals surface area contributed by atoms with Crippen LogP contribution in [0.4, 0.5) is 0 Å². The van der Waals surface area contributed by atoms with E-state index >= 15 is 0 Å². The summed E-state index contributed by atoms with van der Waals surface area (Å²) in [7, 11) is 3.22. The Morgan fingerprint density at radius 1 is 0.818 bits per heavy atom. The Kier molecular flexibility index (Phi) is 5.29. The minimum absolute atomic E-state index is 0.0599. The number of ketones is 1. The second-order valence-corrected chi connectivity index (χ2v) is 6.42. The third-order valence-corrected chi connectivity index (χ3v) is 5.65. The van der Waals surface area contributed by atoms with E-state index in [0.29, 0.717) is 11.1 Å². The number of benzene rings is 2. The number of carbonyl (C=O) groups excluding carboxylic acids is 1. The highest BCUT2D eigenvalue weighted by molar-refractivity contribution is 9.11. The summed E-state index contributed by atoms with van der Waals surface area (Å²) < 4.78 is 12.0. The van der Waals surface area contributed by atoms with E-state index in [9.17, 15) is 4.79 Å². The molecule has 116 valence electrons. The highest BCUT2D eigenvalue weighted by Crippen LogP contribution is 2.34. The van der Waals surface area contributed by atoms with Crippen molar-refractivity contribution in [2.75, 3.05) is 14.2 Å². The van der Waals surface area contributed by atoms with Crippen LogP contribution in [0.2, 0.25) is 0 Å². The van der Waals surface area contributed by atoms with Gasteiger partial charge in [-0.25, -0.2) is 0 Å². The van der Waals surface area contributed by atoms with Gasteiger partial charge in [-0.2, -0.15) is 0 Å². The van der Waals surface area contributed by atoms with Gasteiger partial charge in [0.1, 0.15) is 11.5 Å². The van der Waals surface area contributed by atoms with Crippen molar-refractivity contribution in [2.24, 2.45) is 0 Å². The zero-order valence-electron chi connectivity index (χ0n) is 12.8. The zero-order valence-corrected chi connectivity index (χ0v) is 16.0. The van der Waals surface area contributed by atoms with E-state index in [1.54, 1.807) is 38.5 Å². The van der Waals surface area contributed by atoms with Gasteiger partial charge in [0.2, 0.25) is 0 Å². The van der Waals surface area contributed by atoms with Crippen LogP contribution in [-0.4, -0.2) is 20.0 Å². The molecule has 5 heteroatoms. The molecule has 0 unspecified atom stereocenters. The Bertz CT molecular complexity index is 678. The van der Waals surface area contributed by atoms with E-state index in [0.717, 1.165) is 31.6 Å². The van der Waals surface area contributed by atoms with Crippen molar-refractivity contribution in [1.82, 2.24) is 0 Å². The van der Waals surface area contributed by atoms with E-state index in [1.807, 2.05) is 13.8 Å². The second-order valence-electron chi connectivity index (χ2n) is 4.84. The fraction of sp³-hybridized carbons (Fsp3) is 0.235. The highest BCUT2D eigenvalue weighted by Gasteiger charge is 2.20. The van der Waals surface area contributed by atoms with Crippen LogP contribution >= 0.6 is 31.9 Å². The summed E-state index contributed by atoms with van der Waals surface area (Å²) >= 11 is 7.00. The van der Waals surface area contributed by atoms with Gasteiger partial charge in [0, 0.05) is 31.2 Å². The van der Waals surface area contributed by atoms with Gasteiger partial charge < -0.3 is 9.47 Å². The molecule has 0 atom stereocenters. The number of hydrogen-bond donors (Lipinski definition) is 0. The highest BCUT2D eigenvalue weighted by atomic mass is 79.9. The maximum absolute atomic E-state index is 12.9. The fourth-order valence-corrected chi connectivity index (χ4v) is 3.29. The summed E-state index contributed by atoms with van der Waals surface area (Å²) in [6.45, 7) is 3.82. The first-order valence-electron chi connectivity index (χ1n) is 6.63. The molecular weight excluding hydrogens is 412 g/mol. The van der Waals surface area contributed by atoms with Gasteiger partial charge in [0.05, 0.1) is 14.2 Å². The average Bonchev–Trinajstić information content (AvgIpc) is 2.52. The van der Waals surface area contributed by atoms with Gasteiger partial charge in [-0.3, -0.25) is 4.79 Å². The van der Waals surface area contributed by atoms with Gasteiger partial charge in [-0.05, 0) is 70.0 Å². The van der Waals surface area contributed by atoms with Crippen LogP contribution < -0.4 is 9.47 Å². The third-order valence-electron chi connectivity index (χ3n) is 3.60. The SMILES string of the molecule is COc1ccc(C(=O)c2ccc(OC)c(C)c2Br)c(Br)c1C. The predicted octanol–water partition coefficient (Wildman–Crippen LogP) is 5.08. The van der Waals surface area contributed by atoms with E-state index in [4.69, 9.17) is 9.47 Å². The summed E-state index contributed by atoms with van der Waals surface area (Å²) in [6, 6.07) is 7.14. The van der Waals surface area contributed by atoms with Crippen molar-refractivity contribution in [3.05, 3.63) is 55.5 Å². The Balaban J connectivity index is 2.54. The standard InChI is InChI=1S/C17H16Br2O3/c1-9-13(21-3)7-5-11(15(9)18)17(20)12-6-8-14(22-4)10(2)16(12)19/h5-8H,1-4H3. The molecule has 0 heterocycles. The molecule has 0 radical (unpaired) electrons. The van der Waals surface area contributed by atoms with Gasteiger partial charge in [-0.1, -0.05) is 0 Å². The molecule has 0 aliphatic heterocycles. The minimum atomic E-state index is -0.0599. The Labute approximate surface area is 146 Å². The lowest BCUT2D eigenvalue weighted by molar-refractivity contribution is 0.103. The van der Waals surface area contributed by atoms with Gasteiger partial charge >= 0.3 is 0 Å². The van der Waals surface area contributed by atoms with E-state index in [-0.39, 0.29) is 5.78 Å². The maximum Gasteiger partial charge on any atom is 0.195 e. The van der Waals surface area contributed by atoms with Crippen LogP contribution in [0, 0.1) is 13.8 Å². The molecule has 2 aromatic rings. The van der Waals surface area contributed by atoms with E-state index < -0.39 is 0 Å². The van der Waals surface area contributed by atoms with Crippen molar-refractivity contribution in [1.29, 1.82) is 0 Å². The summed E-state index contributed by atoms with van der Waals surface area (Å²) in [5.74, 6) is 1.43. The molecule has 0 aromatic heterocycles. The van der Waals surface area contributed by atoms with Crippen LogP contribution in [-0.2, 0) is 0 Å². The largest absolute Gasteiger partial charge is 0.496 e. The summed E-state index contributed by atoms with van der Waals surface area (Å²) in [5.41, 5.74) is 3.00. The lowest BCUT2D eigenvalue weighted by Crippen LogP contribution is -2.06. The van der Waals surface area contributed by atoms with Crippen molar-refractivity contribution in [3.63, 3.8) is 0 Å². The number of ether oxygens (including phenoxy) is 2. The van der Waals surface area contributed by atoms with Gasteiger partial charge in [-0.15, -0.1) is 0 Å². The van der Waals surface area contributed by atoms with Crippen LogP contribution in [0.15, 0.2) is 33.2 Å². The molecule has 0 fully saturated rings. The number of carbonyl (C=O) groups is 1. The smallest absolute Gasteiger partial charge is 0.195 e. The lowest BCUT2D eigenvalue weighted by Gasteiger charge is -2.13. The van der Waals surface area contributed by atoms with Crippen LogP contribution in [0.1, 0.15) is 27.0 Å². The molecule has 0 bridgehead atoms. The summed E-state index contributed by atoms with van der Waals surface area (Å²) in [4.78, 5) is 12.9. The first-order chi connectivity index (χ1) is 10.4. The molecule has 0 saturated carbocycles. The predicted molar refractivity (Wildman–Crippen MR) is 94.3 cm³/mol. The quantitative estimate of drug-likeness (QED) is 0.638. The number of methoxy groups -OCH3 is 2. The Hall–Kier alpha value is -1.33. The molecule has 0 N–H and O–H groups in total. The molecule has 22 heavy (non-hydrogen) atoms. The number of rotatable bonds is 4. The summed E-state index contributed by atoms with van der Waals surface area (Å²) in [5, 5.41) is 0. The zero-order chi connectivity index (χ0) is 16.4. The molecular formula is C17H16Br2O3. The first-order valence-corrected chi connectivity index (χ1v) is 8.21. The Morgan fingerprint density at radius 2 is 1.18 bits per heavy atom.